The molecule has 1 heterocycles. The number of benzene rings is 2. The van der Waals surface area contributed by atoms with Crippen LogP contribution in [0.4, 0.5) is 0 Å². The zero-order chi connectivity index (χ0) is 17.8. The number of phenols is 1. The monoisotopic (exact) mass is 343 g/mol. The minimum Gasteiger partial charge on any atom is -0.507 e. The van der Waals surface area contributed by atoms with E-state index in [-0.39, 0.29) is 11.8 Å². The highest BCUT2D eigenvalue weighted by molar-refractivity contribution is 5.56. The third kappa shape index (κ3) is 3.37. The zero-order valence-electron chi connectivity index (χ0n) is 15.0. The molecule has 2 aromatic carbocycles. The van der Waals surface area contributed by atoms with Gasteiger partial charge in [0.1, 0.15) is 11.5 Å². The third-order valence-electron chi connectivity index (χ3n) is 4.41. The fourth-order valence-electron chi connectivity index (χ4n) is 3.36. The van der Waals surface area contributed by atoms with Gasteiger partial charge in [-0.3, -0.25) is 0 Å². The second-order valence-corrected chi connectivity index (χ2v) is 5.89. The molecule has 25 heavy (non-hydrogen) atoms. The number of fused-ring (bicyclic) bond motifs is 1. The van der Waals surface area contributed by atoms with Gasteiger partial charge < -0.3 is 24.6 Å². The van der Waals surface area contributed by atoms with E-state index >= 15 is 0 Å². The van der Waals surface area contributed by atoms with Gasteiger partial charge in [-0.15, -0.1) is 0 Å². The first-order valence-electron chi connectivity index (χ1n) is 8.71. The van der Waals surface area contributed by atoms with Gasteiger partial charge in [-0.2, -0.15) is 0 Å². The molecule has 1 aliphatic rings. The molecule has 5 nitrogen and oxygen atoms in total. The molecule has 1 unspecified atom stereocenters. The minimum atomic E-state index is -0.158. The molecule has 0 aromatic heterocycles. The van der Waals surface area contributed by atoms with Crippen LogP contribution in [0.15, 0.2) is 30.3 Å². The molecule has 0 spiro atoms. The van der Waals surface area contributed by atoms with Crippen LogP contribution in [0.3, 0.4) is 0 Å². The Morgan fingerprint density at radius 2 is 1.80 bits per heavy atom. The van der Waals surface area contributed by atoms with Crippen LogP contribution in [0.25, 0.3) is 0 Å². The molecular formula is C20H25NO4. The van der Waals surface area contributed by atoms with Gasteiger partial charge in [0, 0.05) is 6.54 Å². The van der Waals surface area contributed by atoms with Crippen molar-refractivity contribution in [2.45, 2.75) is 26.3 Å². The van der Waals surface area contributed by atoms with Gasteiger partial charge in [0.05, 0.1) is 31.9 Å². The van der Waals surface area contributed by atoms with Crippen molar-refractivity contribution >= 4 is 0 Å². The number of phenolic OH excluding ortho intramolecular Hbond substituents is 1. The Hall–Kier alpha value is -2.40. The summed E-state index contributed by atoms with van der Waals surface area (Å²) < 4.78 is 17.0. The SMILES string of the molecule is CCOc1cc2c(cc1OCC)C(c1c(O)cccc1OC)NCC2. The van der Waals surface area contributed by atoms with Gasteiger partial charge in [-0.1, -0.05) is 6.07 Å². The second-order valence-electron chi connectivity index (χ2n) is 5.89. The van der Waals surface area contributed by atoms with Gasteiger partial charge >= 0.3 is 0 Å². The average Bonchev–Trinajstić information content (AvgIpc) is 2.62. The molecule has 2 aromatic rings. The summed E-state index contributed by atoms with van der Waals surface area (Å²) in [4.78, 5) is 0. The summed E-state index contributed by atoms with van der Waals surface area (Å²) in [6.07, 6.45) is 0.897. The van der Waals surface area contributed by atoms with Crippen LogP contribution in [-0.4, -0.2) is 32.0 Å². The molecule has 5 heteroatoms. The van der Waals surface area contributed by atoms with Crippen molar-refractivity contribution in [2.24, 2.45) is 0 Å². The number of ether oxygens (including phenoxy) is 3. The Kier molecular flexibility index (Phi) is 5.34. The molecule has 0 aliphatic carbocycles. The van der Waals surface area contributed by atoms with Gasteiger partial charge in [0.25, 0.3) is 0 Å². The number of rotatable bonds is 6. The van der Waals surface area contributed by atoms with Crippen molar-refractivity contribution in [3.8, 4) is 23.0 Å². The molecule has 2 N–H and O–H groups in total. The van der Waals surface area contributed by atoms with Crippen molar-refractivity contribution in [3.63, 3.8) is 0 Å². The summed E-state index contributed by atoms with van der Waals surface area (Å²) in [5.41, 5.74) is 3.02. The number of hydrogen-bond acceptors (Lipinski definition) is 5. The summed E-state index contributed by atoms with van der Waals surface area (Å²) >= 11 is 0. The van der Waals surface area contributed by atoms with Crippen molar-refractivity contribution < 1.29 is 19.3 Å². The number of methoxy groups -OCH3 is 1. The Labute approximate surface area is 148 Å². The van der Waals surface area contributed by atoms with Crippen LogP contribution in [0.1, 0.15) is 36.6 Å². The topological polar surface area (TPSA) is 60.0 Å². The van der Waals surface area contributed by atoms with E-state index in [1.54, 1.807) is 19.2 Å². The minimum absolute atomic E-state index is 0.158. The molecule has 0 amide bonds. The summed E-state index contributed by atoms with van der Waals surface area (Å²) in [6, 6.07) is 9.26. The Bertz CT molecular complexity index is 745. The summed E-state index contributed by atoms with van der Waals surface area (Å²) in [5, 5.41) is 13.9. The van der Waals surface area contributed by atoms with E-state index in [1.807, 2.05) is 26.0 Å². The molecule has 1 aliphatic heterocycles. The molecule has 0 saturated carbocycles. The van der Waals surface area contributed by atoms with E-state index < -0.39 is 0 Å². The van der Waals surface area contributed by atoms with Gasteiger partial charge in [-0.05, 0) is 55.7 Å². The largest absolute Gasteiger partial charge is 0.507 e. The molecule has 134 valence electrons. The lowest BCUT2D eigenvalue weighted by molar-refractivity contribution is 0.286. The van der Waals surface area contributed by atoms with E-state index in [9.17, 15) is 5.11 Å². The summed E-state index contributed by atoms with van der Waals surface area (Å²) in [7, 11) is 1.62. The zero-order valence-corrected chi connectivity index (χ0v) is 15.0. The van der Waals surface area contributed by atoms with Crippen LogP contribution in [-0.2, 0) is 6.42 Å². The van der Waals surface area contributed by atoms with Crippen molar-refractivity contribution in [1.82, 2.24) is 5.32 Å². The molecule has 3 rings (SSSR count). The maximum atomic E-state index is 10.4. The molecule has 0 radical (unpaired) electrons. The first-order valence-corrected chi connectivity index (χ1v) is 8.71. The standard InChI is InChI=1S/C20H25NO4/c1-4-24-17-11-13-9-10-21-20(14(13)12-18(17)25-5-2)19-15(22)7-6-8-16(19)23-3/h6-8,11-12,20-22H,4-5,9-10H2,1-3H3. The highest BCUT2D eigenvalue weighted by Crippen LogP contribution is 2.42. The number of nitrogens with one attached hydrogen (secondary N) is 1. The maximum Gasteiger partial charge on any atom is 0.161 e. The Morgan fingerprint density at radius 1 is 1.08 bits per heavy atom. The molecule has 0 bridgehead atoms. The van der Waals surface area contributed by atoms with Crippen molar-refractivity contribution in [3.05, 3.63) is 47.0 Å². The Balaban J connectivity index is 2.12. The van der Waals surface area contributed by atoms with Crippen LogP contribution in [0.5, 0.6) is 23.0 Å². The first-order chi connectivity index (χ1) is 12.2. The third-order valence-corrected chi connectivity index (χ3v) is 4.41. The smallest absolute Gasteiger partial charge is 0.161 e. The van der Waals surface area contributed by atoms with Gasteiger partial charge in [-0.25, -0.2) is 0 Å². The molecular weight excluding hydrogens is 318 g/mol. The lowest BCUT2D eigenvalue weighted by Crippen LogP contribution is -2.31. The van der Waals surface area contributed by atoms with Crippen molar-refractivity contribution in [1.29, 1.82) is 0 Å². The van der Waals surface area contributed by atoms with Crippen LogP contribution >= 0.6 is 0 Å². The van der Waals surface area contributed by atoms with Crippen LogP contribution in [0.2, 0.25) is 0 Å². The van der Waals surface area contributed by atoms with Crippen LogP contribution in [0, 0.1) is 0 Å². The molecule has 1 atom stereocenters. The van der Waals surface area contributed by atoms with E-state index in [0.29, 0.717) is 19.0 Å². The maximum absolute atomic E-state index is 10.4. The number of hydrogen-bond donors (Lipinski definition) is 2. The predicted molar refractivity (Wildman–Crippen MR) is 97.0 cm³/mol. The average molecular weight is 343 g/mol. The highest BCUT2D eigenvalue weighted by atomic mass is 16.5. The lowest BCUT2D eigenvalue weighted by atomic mass is 9.88. The first kappa shape index (κ1) is 17.4. The molecule has 0 fully saturated rings. The van der Waals surface area contributed by atoms with E-state index in [1.165, 1.54) is 5.56 Å². The predicted octanol–water partition coefficient (Wildman–Crippen LogP) is 3.43. The normalized spacial score (nSPS) is 16.2. The van der Waals surface area contributed by atoms with Gasteiger partial charge in [0.2, 0.25) is 0 Å². The van der Waals surface area contributed by atoms with Crippen molar-refractivity contribution in [2.75, 3.05) is 26.9 Å². The quantitative estimate of drug-likeness (QED) is 0.841. The summed E-state index contributed by atoms with van der Waals surface area (Å²) in [5.74, 6) is 2.38. The lowest BCUT2D eigenvalue weighted by Gasteiger charge is -2.30. The fourth-order valence-corrected chi connectivity index (χ4v) is 3.36. The number of aromatic hydroxyl groups is 1. The Morgan fingerprint density at radius 3 is 2.48 bits per heavy atom. The summed E-state index contributed by atoms with van der Waals surface area (Å²) in [6.45, 7) is 5.89. The second kappa shape index (κ2) is 7.66. The highest BCUT2D eigenvalue weighted by Gasteiger charge is 2.28. The van der Waals surface area contributed by atoms with Gasteiger partial charge in [0.15, 0.2) is 11.5 Å². The van der Waals surface area contributed by atoms with E-state index in [2.05, 4.69) is 11.4 Å². The fraction of sp³-hybridized carbons (Fsp3) is 0.400. The van der Waals surface area contributed by atoms with E-state index in [0.717, 1.165) is 35.6 Å². The molecule has 0 saturated heterocycles. The van der Waals surface area contributed by atoms with E-state index in [4.69, 9.17) is 14.2 Å². The van der Waals surface area contributed by atoms with Crippen LogP contribution < -0.4 is 19.5 Å².